The van der Waals surface area contributed by atoms with Gasteiger partial charge in [-0.1, -0.05) is 74.5 Å². The molecule has 0 saturated heterocycles. The molecule has 120 valence electrons. The Morgan fingerprint density at radius 3 is 2.13 bits per heavy atom. The third-order valence-corrected chi connectivity index (χ3v) is 4.17. The Hall–Kier alpha value is -2.35. The topological polar surface area (TPSA) is 29.1 Å². The minimum atomic E-state index is 0.0497. The van der Waals surface area contributed by atoms with Crippen LogP contribution in [0.5, 0.6) is 0 Å². The number of hydrogen-bond donors (Lipinski definition) is 1. The lowest BCUT2D eigenvalue weighted by atomic mass is 9.99. The van der Waals surface area contributed by atoms with Crippen LogP contribution >= 0.6 is 0 Å². The van der Waals surface area contributed by atoms with Crippen molar-refractivity contribution in [2.24, 2.45) is 5.92 Å². The summed E-state index contributed by atoms with van der Waals surface area (Å²) in [6, 6.07) is 19.9. The molecule has 2 atom stereocenters. The van der Waals surface area contributed by atoms with Crippen molar-refractivity contribution in [2.45, 2.75) is 33.2 Å². The molecular weight excluding hydrogens is 282 g/mol. The van der Waals surface area contributed by atoms with Gasteiger partial charge in [0.2, 0.25) is 0 Å². The Bertz CT molecular complexity index is 646. The zero-order valence-electron chi connectivity index (χ0n) is 14.1. The Labute approximate surface area is 139 Å². The Kier molecular flexibility index (Phi) is 6.16. The highest BCUT2D eigenvalue weighted by Crippen LogP contribution is 2.19. The summed E-state index contributed by atoms with van der Waals surface area (Å²) >= 11 is 0. The van der Waals surface area contributed by atoms with Crippen molar-refractivity contribution in [1.82, 2.24) is 5.32 Å². The third-order valence-electron chi connectivity index (χ3n) is 4.17. The maximum absolute atomic E-state index is 12.5. The average Bonchev–Trinajstić information content (AvgIpc) is 2.61. The van der Waals surface area contributed by atoms with Crippen molar-refractivity contribution in [3.8, 4) is 0 Å². The number of ketones is 1. The second kappa shape index (κ2) is 8.33. The second-order valence-electron chi connectivity index (χ2n) is 5.92. The van der Waals surface area contributed by atoms with Crippen molar-refractivity contribution in [3.05, 3.63) is 83.6 Å². The van der Waals surface area contributed by atoms with E-state index in [9.17, 15) is 4.79 Å². The fourth-order valence-corrected chi connectivity index (χ4v) is 2.45. The molecule has 0 aliphatic heterocycles. The van der Waals surface area contributed by atoms with Gasteiger partial charge >= 0.3 is 0 Å². The first-order valence-electron chi connectivity index (χ1n) is 8.24. The van der Waals surface area contributed by atoms with Crippen molar-refractivity contribution < 1.29 is 4.79 Å². The van der Waals surface area contributed by atoms with Gasteiger partial charge in [-0.15, -0.1) is 0 Å². The van der Waals surface area contributed by atoms with E-state index in [1.807, 2.05) is 48.5 Å². The Balaban J connectivity index is 2.20. The van der Waals surface area contributed by atoms with Crippen LogP contribution in [-0.2, 0) is 0 Å². The zero-order chi connectivity index (χ0) is 16.7. The van der Waals surface area contributed by atoms with E-state index < -0.39 is 0 Å². The SMILES string of the molecule is CC[C@@H](C)/C(=C/C(=O)c1ccccc1)N[C@H](C)c1ccccc1. The lowest BCUT2D eigenvalue weighted by molar-refractivity contribution is 0.104. The van der Waals surface area contributed by atoms with E-state index in [0.29, 0.717) is 5.92 Å². The van der Waals surface area contributed by atoms with E-state index >= 15 is 0 Å². The predicted molar refractivity (Wildman–Crippen MR) is 96.3 cm³/mol. The smallest absolute Gasteiger partial charge is 0.187 e. The second-order valence-corrected chi connectivity index (χ2v) is 5.92. The van der Waals surface area contributed by atoms with Crippen molar-refractivity contribution in [2.75, 3.05) is 0 Å². The molecule has 0 saturated carbocycles. The highest BCUT2D eigenvalue weighted by Gasteiger charge is 2.13. The quantitative estimate of drug-likeness (QED) is 0.566. The largest absolute Gasteiger partial charge is 0.381 e. The van der Waals surface area contributed by atoms with Gasteiger partial charge in [-0.2, -0.15) is 0 Å². The summed E-state index contributed by atoms with van der Waals surface area (Å²) in [7, 11) is 0. The van der Waals surface area contributed by atoms with Crippen molar-refractivity contribution in [1.29, 1.82) is 0 Å². The molecule has 0 aromatic heterocycles. The van der Waals surface area contributed by atoms with Crippen LogP contribution < -0.4 is 5.32 Å². The molecule has 0 fully saturated rings. The number of allylic oxidation sites excluding steroid dienone is 2. The van der Waals surface area contributed by atoms with Gasteiger partial charge in [0.25, 0.3) is 0 Å². The molecule has 0 aliphatic carbocycles. The first kappa shape index (κ1) is 17.0. The average molecular weight is 307 g/mol. The maximum Gasteiger partial charge on any atom is 0.187 e. The van der Waals surface area contributed by atoms with Crippen LogP contribution in [0.15, 0.2) is 72.4 Å². The van der Waals surface area contributed by atoms with Gasteiger partial charge in [-0.05, 0) is 24.8 Å². The first-order valence-corrected chi connectivity index (χ1v) is 8.24. The van der Waals surface area contributed by atoms with Gasteiger partial charge < -0.3 is 5.32 Å². The monoisotopic (exact) mass is 307 g/mol. The number of carbonyl (C=O) groups is 1. The van der Waals surface area contributed by atoms with E-state index in [1.54, 1.807) is 6.08 Å². The van der Waals surface area contributed by atoms with E-state index in [1.165, 1.54) is 5.56 Å². The molecule has 0 unspecified atom stereocenters. The molecular formula is C21H25NO. The third kappa shape index (κ3) is 4.82. The number of benzene rings is 2. The summed E-state index contributed by atoms with van der Waals surface area (Å²) in [5.41, 5.74) is 2.94. The van der Waals surface area contributed by atoms with Gasteiger partial charge in [-0.3, -0.25) is 4.79 Å². The molecule has 0 heterocycles. The van der Waals surface area contributed by atoms with Gasteiger partial charge in [-0.25, -0.2) is 0 Å². The van der Waals surface area contributed by atoms with Crippen molar-refractivity contribution in [3.63, 3.8) is 0 Å². The molecule has 2 heteroatoms. The molecule has 0 radical (unpaired) electrons. The number of rotatable bonds is 7. The lowest BCUT2D eigenvalue weighted by Crippen LogP contribution is -2.23. The summed E-state index contributed by atoms with van der Waals surface area (Å²) in [4.78, 5) is 12.5. The van der Waals surface area contributed by atoms with Crippen LogP contribution in [0.4, 0.5) is 0 Å². The molecule has 0 aliphatic rings. The summed E-state index contributed by atoms with van der Waals surface area (Å²) < 4.78 is 0. The predicted octanol–water partition coefficient (Wildman–Crippen LogP) is 5.15. The van der Waals surface area contributed by atoms with E-state index in [4.69, 9.17) is 0 Å². The minimum Gasteiger partial charge on any atom is -0.381 e. The summed E-state index contributed by atoms with van der Waals surface area (Å²) in [6.07, 6.45) is 2.74. The van der Waals surface area contributed by atoms with Crippen LogP contribution in [0.2, 0.25) is 0 Å². The highest BCUT2D eigenvalue weighted by atomic mass is 16.1. The normalized spacial score (nSPS) is 14.1. The lowest BCUT2D eigenvalue weighted by Gasteiger charge is -2.22. The summed E-state index contributed by atoms with van der Waals surface area (Å²) in [6.45, 7) is 6.41. The highest BCUT2D eigenvalue weighted by molar-refractivity contribution is 6.04. The van der Waals surface area contributed by atoms with E-state index in [0.717, 1.165) is 17.7 Å². The van der Waals surface area contributed by atoms with Crippen LogP contribution in [0.3, 0.4) is 0 Å². The molecule has 1 N–H and O–H groups in total. The van der Waals surface area contributed by atoms with Crippen LogP contribution in [-0.4, -0.2) is 5.78 Å². The van der Waals surface area contributed by atoms with Crippen LogP contribution in [0, 0.1) is 5.92 Å². The van der Waals surface area contributed by atoms with Gasteiger partial charge in [0.15, 0.2) is 5.78 Å². The van der Waals surface area contributed by atoms with E-state index in [-0.39, 0.29) is 11.8 Å². The minimum absolute atomic E-state index is 0.0497. The molecule has 2 rings (SSSR count). The molecule has 0 amide bonds. The van der Waals surface area contributed by atoms with Gasteiger partial charge in [0.05, 0.1) is 0 Å². The summed E-state index contributed by atoms with van der Waals surface area (Å²) in [5, 5.41) is 3.52. The van der Waals surface area contributed by atoms with Crippen molar-refractivity contribution >= 4 is 5.78 Å². The molecule has 2 aromatic carbocycles. The fourth-order valence-electron chi connectivity index (χ4n) is 2.45. The zero-order valence-corrected chi connectivity index (χ0v) is 14.1. The van der Waals surface area contributed by atoms with E-state index in [2.05, 4.69) is 38.2 Å². The number of carbonyl (C=O) groups excluding carboxylic acids is 1. The molecule has 0 bridgehead atoms. The van der Waals surface area contributed by atoms with Crippen LogP contribution in [0.1, 0.15) is 49.2 Å². The Morgan fingerprint density at radius 1 is 1.00 bits per heavy atom. The maximum atomic E-state index is 12.5. The van der Waals surface area contributed by atoms with Gasteiger partial charge in [0, 0.05) is 23.4 Å². The number of hydrogen-bond acceptors (Lipinski definition) is 2. The molecule has 2 aromatic rings. The van der Waals surface area contributed by atoms with Gasteiger partial charge in [0.1, 0.15) is 0 Å². The Morgan fingerprint density at radius 2 is 1.57 bits per heavy atom. The molecule has 23 heavy (non-hydrogen) atoms. The standard InChI is InChI=1S/C21H25NO/c1-4-16(2)20(15-21(23)19-13-9-6-10-14-19)22-17(3)18-11-7-5-8-12-18/h5-17,22H,4H2,1-3H3/b20-15-/t16-,17-/m1/s1. The number of nitrogens with one attached hydrogen (secondary N) is 1. The molecule has 2 nitrogen and oxygen atoms in total. The van der Waals surface area contributed by atoms with Crippen LogP contribution in [0.25, 0.3) is 0 Å². The first-order chi connectivity index (χ1) is 11.1. The fraction of sp³-hybridized carbons (Fsp3) is 0.286. The molecule has 0 spiro atoms. The summed E-state index contributed by atoms with van der Waals surface area (Å²) in [5.74, 6) is 0.363.